The van der Waals surface area contributed by atoms with E-state index in [4.69, 9.17) is 5.11 Å². The number of carboxylic acids is 1. The Morgan fingerprint density at radius 1 is 0.867 bits per heavy atom. The molecule has 0 atom stereocenters. The minimum absolute atomic E-state index is 0.0363. The zero-order valence-corrected chi connectivity index (χ0v) is 9.12. The van der Waals surface area contributed by atoms with Crippen LogP contribution in [-0.2, 0) is 14.4 Å². The standard InChI is InChI=1S/C11H18O4/c1-9(12)7-8-10(13)5-3-2-4-6-11(14)15/h2-8H2,1H3,(H,14,15). The molecule has 0 bridgehead atoms. The Labute approximate surface area is 89.7 Å². The fourth-order valence-electron chi connectivity index (χ4n) is 1.22. The molecule has 0 unspecified atom stereocenters. The molecule has 15 heavy (non-hydrogen) atoms. The van der Waals surface area contributed by atoms with E-state index >= 15 is 0 Å². The van der Waals surface area contributed by atoms with Crippen LogP contribution in [0.2, 0.25) is 0 Å². The van der Waals surface area contributed by atoms with Gasteiger partial charge in [0, 0.05) is 25.7 Å². The maximum atomic E-state index is 11.2. The van der Waals surface area contributed by atoms with E-state index < -0.39 is 5.97 Å². The molecule has 0 saturated heterocycles. The number of unbranched alkanes of at least 4 members (excludes halogenated alkanes) is 2. The molecule has 0 aliphatic rings. The van der Waals surface area contributed by atoms with E-state index in [1.54, 1.807) is 0 Å². The highest BCUT2D eigenvalue weighted by molar-refractivity contribution is 5.84. The number of hydrogen-bond donors (Lipinski definition) is 1. The van der Waals surface area contributed by atoms with Crippen molar-refractivity contribution in [1.29, 1.82) is 0 Å². The lowest BCUT2D eigenvalue weighted by Gasteiger charge is -1.99. The predicted octanol–water partition coefficient (Wildman–Crippen LogP) is 1.96. The third-order valence-corrected chi connectivity index (χ3v) is 2.10. The van der Waals surface area contributed by atoms with E-state index in [1.807, 2.05) is 0 Å². The van der Waals surface area contributed by atoms with Gasteiger partial charge in [-0.3, -0.25) is 9.59 Å². The van der Waals surface area contributed by atoms with Crippen molar-refractivity contribution in [3.63, 3.8) is 0 Å². The van der Waals surface area contributed by atoms with Gasteiger partial charge in [-0.05, 0) is 19.8 Å². The molecule has 0 rings (SSSR count). The van der Waals surface area contributed by atoms with Crippen molar-refractivity contribution in [3.8, 4) is 0 Å². The van der Waals surface area contributed by atoms with Gasteiger partial charge in [0.05, 0.1) is 0 Å². The van der Waals surface area contributed by atoms with Crippen molar-refractivity contribution in [2.75, 3.05) is 0 Å². The van der Waals surface area contributed by atoms with E-state index in [0.29, 0.717) is 25.7 Å². The summed E-state index contributed by atoms with van der Waals surface area (Å²) in [5, 5.41) is 8.36. The molecule has 0 spiro atoms. The molecule has 0 amide bonds. The number of carbonyl (C=O) groups excluding carboxylic acids is 2. The zero-order valence-electron chi connectivity index (χ0n) is 9.12. The minimum atomic E-state index is -0.794. The summed E-state index contributed by atoms with van der Waals surface area (Å²) >= 11 is 0. The van der Waals surface area contributed by atoms with Crippen LogP contribution in [0.3, 0.4) is 0 Å². The second-order valence-electron chi connectivity index (χ2n) is 3.70. The van der Waals surface area contributed by atoms with E-state index in [-0.39, 0.29) is 18.0 Å². The maximum absolute atomic E-state index is 11.2. The quantitative estimate of drug-likeness (QED) is 0.595. The molecule has 0 radical (unpaired) electrons. The molecule has 4 heteroatoms. The van der Waals surface area contributed by atoms with Gasteiger partial charge >= 0.3 is 5.97 Å². The first-order chi connectivity index (χ1) is 7.02. The van der Waals surface area contributed by atoms with Crippen LogP contribution in [0.25, 0.3) is 0 Å². The third-order valence-electron chi connectivity index (χ3n) is 2.10. The lowest BCUT2D eigenvalue weighted by atomic mass is 10.1. The maximum Gasteiger partial charge on any atom is 0.303 e. The van der Waals surface area contributed by atoms with Crippen molar-refractivity contribution in [1.82, 2.24) is 0 Å². The van der Waals surface area contributed by atoms with Crippen LogP contribution >= 0.6 is 0 Å². The smallest absolute Gasteiger partial charge is 0.303 e. The van der Waals surface area contributed by atoms with E-state index in [2.05, 4.69) is 0 Å². The van der Waals surface area contributed by atoms with Crippen molar-refractivity contribution < 1.29 is 19.5 Å². The van der Waals surface area contributed by atoms with Crippen LogP contribution in [0.1, 0.15) is 51.9 Å². The number of Topliss-reactive ketones (excluding diaryl/α,β-unsaturated/α-hetero) is 2. The molecular formula is C11H18O4. The Balaban J connectivity index is 3.31. The van der Waals surface area contributed by atoms with Gasteiger partial charge in [0.25, 0.3) is 0 Å². The van der Waals surface area contributed by atoms with Crippen LogP contribution < -0.4 is 0 Å². The first kappa shape index (κ1) is 13.8. The van der Waals surface area contributed by atoms with Crippen LogP contribution in [0, 0.1) is 0 Å². The Bertz CT molecular complexity index is 233. The van der Waals surface area contributed by atoms with Crippen LogP contribution in [0.15, 0.2) is 0 Å². The molecule has 0 aliphatic heterocycles. The summed E-state index contributed by atoms with van der Waals surface area (Å²) in [5.74, 6) is -0.660. The molecule has 0 heterocycles. The van der Waals surface area contributed by atoms with Gasteiger partial charge in [-0.25, -0.2) is 0 Å². The number of ketones is 2. The molecule has 0 saturated carbocycles. The van der Waals surface area contributed by atoms with Crippen LogP contribution in [0.5, 0.6) is 0 Å². The highest BCUT2D eigenvalue weighted by atomic mass is 16.4. The summed E-state index contributed by atoms with van der Waals surface area (Å²) in [4.78, 5) is 31.9. The molecule has 0 aromatic rings. The van der Waals surface area contributed by atoms with Gasteiger partial charge in [-0.1, -0.05) is 6.42 Å². The van der Waals surface area contributed by atoms with E-state index in [1.165, 1.54) is 6.92 Å². The number of rotatable bonds is 9. The fourth-order valence-corrected chi connectivity index (χ4v) is 1.22. The Morgan fingerprint density at radius 3 is 2.00 bits per heavy atom. The second-order valence-corrected chi connectivity index (χ2v) is 3.70. The molecule has 0 aliphatic carbocycles. The average molecular weight is 214 g/mol. The van der Waals surface area contributed by atoms with E-state index in [0.717, 1.165) is 12.8 Å². The van der Waals surface area contributed by atoms with Crippen molar-refractivity contribution in [2.45, 2.75) is 51.9 Å². The molecule has 0 aromatic carbocycles. The topological polar surface area (TPSA) is 71.4 Å². The average Bonchev–Trinajstić information content (AvgIpc) is 2.13. The summed E-state index contributed by atoms with van der Waals surface area (Å²) in [7, 11) is 0. The Kier molecular flexibility index (Phi) is 7.50. The molecular weight excluding hydrogens is 196 g/mol. The summed E-state index contributed by atoms with van der Waals surface area (Å²) in [6.07, 6.45) is 3.40. The number of aliphatic carboxylic acids is 1. The summed E-state index contributed by atoms with van der Waals surface area (Å²) in [6.45, 7) is 1.47. The SMILES string of the molecule is CC(=O)CCC(=O)CCCCCC(=O)O. The largest absolute Gasteiger partial charge is 0.481 e. The third kappa shape index (κ3) is 10.7. The highest BCUT2D eigenvalue weighted by Gasteiger charge is 2.04. The van der Waals surface area contributed by atoms with Gasteiger partial charge in [0.15, 0.2) is 0 Å². The molecule has 86 valence electrons. The molecule has 1 N–H and O–H groups in total. The van der Waals surface area contributed by atoms with Crippen LogP contribution in [-0.4, -0.2) is 22.6 Å². The Morgan fingerprint density at radius 2 is 1.47 bits per heavy atom. The summed E-state index contributed by atoms with van der Waals surface area (Å²) in [5.41, 5.74) is 0. The number of hydrogen-bond acceptors (Lipinski definition) is 3. The Hall–Kier alpha value is -1.19. The van der Waals surface area contributed by atoms with Crippen molar-refractivity contribution in [3.05, 3.63) is 0 Å². The first-order valence-electron chi connectivity index (χ1n) is 5.25. The van der Waals surface area contributed by atoms with Crippen molar-refractivity contribution in [2.24, 2.45) is 0 Å². The molecule has 0 aromatic heterocycles. The molecule has 4 nitrogen and oxygen atoms in total. The van der Waals surface area contributed by atoms with Gasteiger partial charge < -0.3 is 9.90 Å². The van der Waals surface area contributed by atoms with Crippen molar-refractivity contribution >= 4 is 17.5 Å². The normalized spacial score (nSPS) is 9.93. The predicted molar refractivity (Wildman–Crippen MR) is 55.6 cm³/mol. The van der Waals surface area contributed by atoms with Gasteiger partial charge in [-0.2, -0.15) is 0 Å². The fraction of sp³-hybridized carbons (Fsp3) is 0.727. The van der Waals surface area contributed by atoms with Gasteiger partial charge in [0.1, 0.15) is 11.6 Å². The lowest BCUT2D eigenvalue weighted by Crippen LogP contribution is -2.01. The second kappa shape index (κ2) is 8.15. The lowest BCUT2D eigenvalue weighted by molar-refractivity contribution is -0.137. The van der Waals surface area contributed by atoms with Gasteiger partial charge in [-0.15, -0.1) is 0 Å². The van der Waals surface area contributed by atoms with Crippen LogP contribution in [0.4, 0.5) is 0 Å². The molecule has 0 fully saturated rings. The number of carbonyl (C=O) groups is 3. The first-order valence-corrected chi connectivity index (χ1v) is 5.25. The highest BCUT2D eigenvalue weighted by Crippen LogP contribution is 2.06. The summed E-state index contributed by atoms with van der Waals surface area (Å²) < 4.78 is 0. The monoisotopic (exact) mass is 214 g/mol. The summed E-state index contributed by atoms with van der Waals surface area (Å²) in [6, 6.07) is 0. The minimum Gasteiger partial charge on any atom is -0.481 e. The van der Waals surface area contributed by atoms with Gasteiger partial charge in [0.2, 0.25) is 0 Å². The van der Waals surface area contributed by atoms with E-state index in [9.17, 15) is 14.4 Å². The zero-order chi connectivity index (χ0) is 11.7. The number of carboxylic acid groups (broad SMARTS) is 1.